The zero-order valence-corrected chi connectivity index (χ0v) is 12.2. The molecular weight excluding hydrogens is 280 g/mol. The van der Waals surface area contributed by atoms with Gasteiger partial charge in [0.2, 0.25) is 0 Å². The van der Waals surface area contributed by atoms with Crippen molar-refractivity contribution in [1.29, 1.82) is 0 Å². The minimum absolute atomic E-state index is 0.202. The van der Waals surface area contributed by atoms with E-state index in [1.54, 1.807) is 29.2 Å². The Labute approximate surface area is 128 Å². The molecule has 0 saturated heterocycles. The van der Waals surface area contributed by atoms with E-state index in [-0.39, 0.29) is 6.03 Å². The van der Waals surface area contributed by atoms with Gasteiger partial charge in [-0.1, -0.05) is 24.3 Å². The second-order valence-corrected chi connectivity index (χ2v) is 5.03. The van der Waals surface area contributed by atoms with Crippen LogP contribution in [0.3, 0.4) is 0 Å². The second-order valence-electron chi connectivity index (χ2n) is 5.03. The number of urea groups is 1. The maximum Gasteiger partial charge on any atom is 0.337 e. The summed E-state index contributed by atoms with van der Waals surface area (Å²) in [5.41, 5.74) is 3.07. The van der Waals surface area contributed by atoms with Gasteiger partial charge in [0.25, 0.3) is 0 Å². The SMILES string of the molecule is COC(=O)c1cccc(NC(=O)N2CCc3ccccc32)c1. The molecule has 0 aliphatic carbocycles. The van der Waals surface area contributed by atoms with Crippen molar-refractivity contribution in [3.63, 3.8) is 0 Å². The zero-order chi connectivity index (χ0) is 15.5. The molecule has 2 amide bonds. The number of carbonyl (C=O) groups excluding carboxylic acids is 2. The fourth-order valence-corrected chi connectivity index (χ4v) is 2.58. The van der Waals surface area contributed by atoms with Gasteiger partial charge in [0, 0.05) is 17.9 Å². The lowest BCUT2D eigenvalue weighted by molar-refractivity contribution is 0.0600. The smallest absolute Gasteiger partial charge is 0.337 e. The molecule has 1 aliphatic rings. The average Bonchev–Trinajstić information content (AvgIpc) is 2.98. The van der Waals surface area contributed by atoms with Gasteiger partial charge in [-0.2, -0.15) is 0 Å². The number of rotatable bonds is 2. The predicted molar refractivity (Wildman–Crippen MR) is 84.3 cm³/mol. The van der Waals surface area contributed by atoms with Crippen LogP contribution in [0, 0.1) is 0 Å². The highest BCUT2D eigenvalue weighted by Gasteiger charge is 2.24. The predicted octanol–water partition coefficient (Wildman–Crippen LogP) is 3.07. The van der Waals surface area contributed by atoms with Crippen molar-refractivity contribution < 1.29 is 14.3 Å². The molecule has 3 rings (SSSR count). The van der Waals surface area contributed by atoms with Gasteiger partial charge in [-0.3, -0.25) is 4.90 Å². The number of anilines is 2. The Kier molecular flexibility index (Phi) is 3.78. The normalized spacial score (nSPS) is 12.7. The van der Waals surface area contributed by atoms with E-state index in [9.17, 15) is 9.59 Å². The molecule has 5 heteroatoms. The minimum atomic E-state index is -0.428. The Morgan fingerprint density at radius 2 is 1.95 bits per heavy atom. The van der Waals surface area contributed by atoms with Crippen molar-refractivity contribution in [2.24, 2.45) is 0 Å². The summed E-state index contributed by atoms with van der Waals surface area (Å²) in [6.07, 6.45) is 0.853. The number of fused-ring (bicyclic) bond motifs is 1. The number of hydrogen-bond donors (Lipinski definition) is 1. The first-order valence-electron chi connectivity index (χ1n) is 7.04. The Morgan fingerprint density at radius 3 is 2.77 bits per heavy atom. The summed E-state index contributed by atoms with van der Waals surface area (Å²) in [7, 11) is 1.33. The van der Waals surface area contributed by atoms with Gasteiger partial charge in [-0.05, 0) is 36.2 Å². The molecule has 0 fully saturated rings. The number of amides is 2. The molecule has 2 aromatic carbocycles. The van der Waals surface area contributed by atoms with Crippen LogP contribution in [0.1, 0.15) is 15.9 Å². The molecule has 1 heterocycles. The fourth-order valence-electron chi connectivity index (χ4n) is 2.58. The van der Waals surface area contributed by atoms with Crippen molar-refractivity contribution in [2.45, 2.75) is 6.42 Å². The van der Waals surface area contributed by atoms with Crippen LogP contribution in [0.25, 0.3) is 0 Å². The van der Waals surface area contributed by atoms with E-state index < -0.39 is 5.97 Å². The molecule has 112 valence electrons. The number of esters is 1. The number of benzene rings is 2. The van der Waals surface area contributed by atoms with E-state index in [1.807, 2.05) is 24.3 Å². The first-order valence-corrected chi connectivity index (χ1v) is 7.04. The van der Waals surface area contributed by atoms with Crippen LogP contribution in [-0.2, 0) is 11.2 Å². The van der Waals surface area contributed by atoms with Gasteiger partial charge in [-0.25, -0.2) is 9.59 Å². The molecule has 5 nitrogen and oxygen atoms in total. The van der Waals surface area contributed by atoms with Crippen molar-refractivity contribution in [1.82, 2.24) is 0 Å². The summed E-state index contributed by atoms with van der Waals surface area (Å²) >= 11 is 0. The Bertz CT molecular complexity index is 727. The number of hydrogen-bond acceptors (Lipinski definition) is 3. The number of nitrogens with zero attached hydrogens (tertiary/aromatic N) is 1. The van der Waals surface area contributed by atoms with Crippen LogP contribution in [0.4, 0.5) is 16.2 Å². The highest BCUT2D eigenvalue weighted by molar-refractivity contribution is 6.03. The topological polar surface area (TPSA) is 58.6 Å². The summed E-state index contributed by atoms with van der Waals surface area (Å²) in [5, 5.41) is 2.82. The van der Waals surface area contributed by atoms with Crippen molar-refractivity contribution in [2.75, 3.05) is 23.9 Å². The average molecular weight is 296 g/mol. The first kappa shape index (κ1) is 14.1. The number of ether oxygens (including phenoxy) is 1. The highest BCUT2D eigenvalue weighted by atomic mass is 16.5. The number of para-hydroxylation sites is 1. The lowest BCUT2D eigenvalue weighted by Gasteiger charge is -2.18. The van der Waals surface area contributed by atoms with Crippen LogP contribution >= 0.6 is 0 Å². The van der Waals surface area contributed by atoms with E-state index in [4.69, 9.17) is 0 Å². The molecular formula is C17H16N2O3. The van der Waals surface area contributed by atoms with Crippen LogP contribution < -0.4 is 10.2 Å². The minimum Gasteiger partial charge on any atom is -0.465 e. The van der Waals surface area contributed by atoms with E-state index in [0.717, 1.165) is 12.1 Å². The molecule has 22 heavy (non-hydrogen) atoms. The third-order valence-corrected chi connectivity index (χ3v) is 3.67. The molecule has 1 N–H and O–H groups in total. The Balaban J connectivity index is 1.77. The van der Waals surface area contributed by atoms with Crippen molar-refractivity contribution in [3.05, 3.63) is 59.7 Å². The number of nitrogens with one attached hydrogen (secondary N) is 1. The monoisotopic (exact) mass is 296 g/mol. The molecule has 1 aliphatic heterocycles. The van der Waals surface area contributed by atoms with Crippen LogP contribution in [-0.4, -0.2) is 25.7 Å². The third-order valence-electron chi connectivity index (χ3n) is 3.67. The molecule has 0 saturated carbocycles. The molecule has 0 atom stereocenters. The molecule has 0 radical (unpaired) electrons. The maximum atomic E-state index is 12.4. The van der Waals surface area contributed by atoms with Gasteiger partial charge < -0.3 is 10.1 Å². The standard InChI is InChI=1S/C17H16N2O3/c1-22-16(20)13-6-4-7-14(11-13)18-17(21)19-10-9-12-5-2-3-8-15(12)19/h2-8,11H,9-10H2,1H3,(H,18,21). The molecule has 2 aromatic rings. The molecule has 0 bridgehead atoms. The van der Waals surface area contributed by atoms with Gasteiger partial charge in [-0.15, -0.1) is 0 Å². The molecule has 0 spiro atoms. The lowest BCUT2D eigenvalue weighted by Crippen LogP contribution is -2.33. The second kappa shape index (κ2) is 5.89. The maximum absolute atomic E-state index is 12.4. The molecule has 0 aromatic heterocycles. The van der Waals surface area contributed by atoms with E-state index in [1.165, 1.54) is 12.7 Å². The summed E-state index contributed by atoms with van der Waals surface area (Å²) in [6.45, 7) is 0.655. The van der Waals surface area contributed by atoms with Crippen LogP contribution in [0.5, 0.6) is 0 Å². The van der Waals surface area contributed by atoms with Gasteiger partial charge >= 0.3 is 12.0 Å². The zero-order valence-electron chi connectivity index (χ0n) is 12.2. The largest absolute Gasteiger partial charge is 0.465 e. The third kappa shape index (κ3) is 2.65. The first-order chi connectivity index (χ1) is 10.7. The highest BCUT2D eigenvalue weighted by Crippen LogP contribution is 2.28. The fraction of sp³-hybridized carbons (Fsp3) is 0.176. The van der Waals surface area contributed by atoms with Crippen molar-refractivity contribution in [3.8, 4) is 0 Å². The van der Waals surface area contributed by atoms with Gasteiger partial charge in [0.15, 0.2) is 0 Å². The van der Waals surface area contributed by atoms with Crippen molar-refractivity contribution >= 4 is 23.4 Å². The number of methoxy groups -OCH3 is 1. The van der Waals surface area contributed by atoms with E-state index in [0.29, 0.717) is 17.8 Å². The van der Waals surface area contributed by atoms with Crippen LogP contribution in [0.15, 0.2) is 48.5 Å². The quantitative estimate of drug-likeness (QED) is 0.866. The summed E-state index contributed by atoms with van der Waals surface area (Å²) in [6, 6.07) is 14.4. The van der Waals surface area contributed by atoms with Gasteiger partial charge in [0.05, 0.1) is 12.7 Å². The van der Waals surface area contributed by atoms with E-state index >= 15 is 0 Å². The molecule has 0 unspecified atom stereocenters. The van der Waals surface area contributed by atoms with Gasteiger partial charge in [0.1, 0.15) is 0 Å². The number of carbonyl (C=O) groups is 2. The summed E-state index contributed by atoms with van der Waals surface area (Å²) in [5.74, 6) is -0.428. The van der Waals surface area contributed by atoms with Crippen LogP contribution in [0.2, 0.25) is 0 Å². The Morgan fingerprint density at radius 1 is 1.14 bits per heavy atom. The Hall–Kier alpha value is -2.82. The summed E-state index contributed by atoms with van der Waals surface area (Å²) in [4.78, 5) is 25.7. The van der Waals surface area contributed by atoms with E-state index in [2.05, 4.69) is 10.1 Å². The lowest BCUT2D eigenvalue weighted by atomic mass is 10.2. The summed E-state index contributed by atoms with van der Waals surface area (Å²) < 4.78 is 4.68.